The van der Waals surface area contributed by atoms with Crippen molar-refractivity contribution in [3.63, 3.8) is 0 Å². The van der Waals surface area contributed by atoms with Crippen LogP contribution in [0.3, 0.4) is 0 Å². The summed E-state index contributed by atoms with van der Waals surface area (Å²) in [6.45, 7) is 9.03. The van der Waals surface area contributed by atoms with Crippen LogP contribution in [0.4, 0.5) is 0 Å². The maximum absolute atomic E-state index is 11.8. The number of benzene rings is 1. The summed E-state index contributed by atoms with van der Waals surface area (Å²) in [5.41, 5.74) is 2.60. The lowest BCUT2D eigenvalue weighted by Crippen LogP contribution is -2.23. The molecule has 0 unspecified atom stereocenters. The number of aromatic nitrogens is 1. The number of amides is 1. The van der Waals surface area contributed by atoms with Crippen LogP contribution in [0, 0.1) is 19.8 Å². The molecule has 0 radical (unpaired) electrons. The van der Waals surface area contributed by atoms with Crippen molar-refractivity contribution >= 4 is 12.0 Å². The molecular weight excluding hydrogens is 344 g/mol. The third-order valence-corrected chi connectivity index (χ3v) is 4.19. The van der Waals surface area contributed by atoms with Gasteiger partial charge < -0.3 is 19.3 Å². The van der Waals surface area contributed by atoms with Crippen molar-refractivity contribution in [2.45, 2.75) is 40.7 Å². The molecule has 0 spiro atoms. The number of aryl methyl sites for hydroxylation is 2. The maximum atomic E-state index is 11.8. The molecule has 2 rings (SSSR count). The number of ether oxygens (including phenoxy) is 2. The smallest absolute Gasteiger partial charge is 0.243 e. The summed E-state index contributed by atoms with van der Waals surface area (Å²) in [5.74, 6) is 2.43. The Kier molecular flexibility index (Phi) is 7.46. The second kappa shape index (κ2) is 9.80. The van der Waals surface area contributed by atoms with E-state index in [2.05, 4.69) is 24.3 Å². The van der Waals surface area contributed by atoms with Gasteiger partial charge in [-0.3, -0.25) is 4.79 Å². The maximum Gasteiger partial charge on any atom is 0.243 e. The van der Waals surface area contributed by atoms with Gasteiger partial charge in [0.25, 0.3) is 0 Å². The number of rotatable bonds is 9. The molecule has 2 aromatic rings. The van der Waals surface area contributed by atoms with Gasteiger partial charge in [0, 0.05) is 12.6 Å². The van der Waals surface area contributed by atoms with E-state index >= 15 is 0 Å². The van der Waals surface area contributed by atoms with Crippen LogP contribution in [0.25, 0.3) is 6.08 Å². The van der Waals surface area contributed by atoms with Gasteiger partial charge in [-0.15, -0.1) is 0 Å². The molecule has 0 aliphatic heterocycles. The predicted octanol–water partition coefficient (Wildman–Crippen LogP) is 4.05. The zero-order chi connectivity index (χ0) is 19.8. The van der Waals surface area contributed by atoms with Gasteiger partial charge in [-0.1, -0.05) is 25.1 Å². The third-order valence-electron chi connectivity index (χ3n) is 4.19. The van der Waals surface area contributed by atoms with E-state index in [9.17, 15) is 4.79 Å². The minimum absolute atomic E-state index is 0.103. The highest BCUT2D eigenvalue weighted by Crippen LogP contribution is 2.30. The molecule has 1 aromatic heterocycles. The summed E-state index contributed by atoms with van der Waals surface area (Å²) in [7, 11) is 1.59. The molecule has 0 aliphatic rings. The van der Waals surface area contributed by atoms with E-state index in [0.29, 0.717) is 30.6 Å². The molecule has 27 heavy (non-hydrogen) atoms. The average Bonchev–Trinajstić information content (AvgIpc) is 2.96. The molecule has 0 saturated carbocycles. The summed E-state index contributed by atoms with van der Waals surface area (Å²) < 4.78 is 16.4. The Balaban J connectivity index is 1.98. The molecule has 1 amide bonds. The van der Waals surface area contributed by atoms with Gasteiger partial charge in [-0.05, 0) is 50.0 Å². The fourth-order valence-corrected chi connectivity index (χ4v) is 2.48. The summed E-state index contributed by atoms with van der Waals surface area (Å²) in [5, 5.41) is 6.80. The fraction of sp³-hybridized carbons (Fsp3) is 0.429. The van der Waals surface area contributed by atoms with Gasteiger partial charge in [0.15, 0.2) is 11.5 Å². The molecule has 6 nitrogen and oxygen atoms in total. The molecule has 1 N–H and O–H groups in total. The summed E-state index contributed by atoms with van der Waals surface area (Å²) in [6.07, 6.45) is 4.25. The van der Waals surface area contributed by atoms with Gasteiger partial charge in [-0.25, -0.2) is 0 Å². The topological polar surface area (TPSA) is 73.6 Å². The number of carbonyl (C=O) groups is 1. The highest BCUT2D eigenvalue weighted by atomic mass is 16.5. The molecular formula is C21H28N2O4. The van der Waals surface area contributed by atoms with Gasteiger partial charge in [0.05, 0.1) is 18.4 Å². The van der Waals surface area contributed by atoms with Crippen molar-refractivity contribution in [3.05, 3.63) is 46.9 Å². The summed E-state index contributed by atoms with van der Waals surface area (Å²) in [4.78, 5) is 11.8. The Morgan fingerprint density at radius 1 is 1.30 bits per heavy atom. The molecule has 0 aliphatic carbocycles. The van der Waals surface area contributed by atoms with Crippen molar-refractivity contribution in [3.8, 4) is 11.5 Å². The number of nitrogens with zero attached hydrogens (tertiary/aromatic N) is 1. The van der Waals surface area contributed by atoms with Crippen molar-refractivity contribution in [1.82, 2.24) is 10.5 Å². The number of carbonyl (C=O) groups excluding carboxylic acids is 1. The molecule has 1 heterocycles. The molecule has 0 saturated heterocycles. The minimum Gasteiger partial charge on any atom is -0.493 e. The van der Waals surface area contributed by atoms with Crippen molar-refractivity contribution in [2.75, 3.05) is 13.7 Å². The van der Waals surface area contributed by atoms with E-state index in [-0.39, 0.29) is 5.91 Å². The Hall–Kier alpha value is -2.76. The average molecular weight is 372 g/mol. The Morgan fingerprint density at radius 3 is 2.70 bits per heavy atom. The summed E-state index contributed by atoms with van der Waals surface area (Å²) >= 11 is 0. The highest BCUT2D eigenvalue weighted by molar-refractivity contribution is 5.91. The van der Waals surface area contributed by atoms with Gasteiger partial charge >= 0.3 is 0 Å². The number of hydrogen-bond donors (Lipinski definition) is 1. The van der Waals surface area contributed by atoms with Gasteiger partial charge in [-0.2, -0.15) is 0 Å². The fourth-order valence-electron chi connectivity index (χ4n) is 2.48. The Bertz CT molecular complexity index is 774. The van der Waals surface area contributed by atoms with Crippen LogP contribution < -0.4 is 14.8 Å². The molecule has 0 bridgehead atoms. The van der Waals surface area contributed by atoms with Crippen LogP contribution in [0.2, 0.25) is 0 Å². The Morgan fingerprint density at radius 2 is 2.07 bits per heavy atom. The first-order valence-corrected chi connectivity index (χ1v) is 9.09. The zero-order valence-electron chi connectivity index (χ0n) is 16.7. The highest BCUT2D eigenvalue weighted by Gasteiger charge is 2.11. The lowest BCUT2D eigenvalue weighted by Gasteiger charge is -2.11. The molecule has 1 aromatic carbocycles. The standard InChI is InChI=1S/C21H28N2O4/c1-14(2)10-11-22-21(24)9-7-17-6-8-19(20(12-17)25-5)26-13-18-15(3)23-27-16(18)4/h6-9,12,14H,10-11,13H2,1-5H3,(H,22,24)/b9-7+. The zero-order valence-corrected chi connectivity index (χ0v) is 16.7. The lowest BCUT2D eigenvalue weighted by atomic mass is 10.1. The van der Waals surface area contributed by atoms with Crippen molar-refractivity contribution in [2.24, 2.45) is 5.92 Å². The monoisotopic (exact) mass is 372 g/mol. The van der Waals surface area contributed by atoms with Crippen LogP contribution in [0.1, 0.15) is 42.8 Å². The van der Waals surface area contributed by atoms with E-state index < -0.39 is 0 Å². The van der Waals surface area contributed by atoms with Crippen LogP contribution in [-0.2, 0) is 11.4 Å². The van der Waals surface area contributed by atoms with E-state index in [0.717, 1.165) is 29.0 Å². The number of methoxy groups -OCH3 is 1. The molecule has 0 atom stereocenters. The number of hydrogen-bond acceptors (Lipinski definition) is 5. The van der Waals surface area contributed by atoms with Crippen LogP contribution in [-0.4, -0.2) is 24.7 Å². The lowest BCUT2D eigenvalue weighted by molar-refractivity contribution is -0.116. The predicted molar refractivity (Wildman–Crippen MR) is 105 cm³/mol. The summed E-state index contributed by atoms with van der Waals surface area (Å²) in [6, 6.07) is 5.54. The van der Waals surface area contributed by atoms with Crippen LogP contribution >= 0.6 is 0 Å². The second-order valence-electron chi connectivity index (χ2n) is 6.81. The van der Waals surface area contributed by atoms with Gasteiger partial charge in [0.2, 0.25) is 5.91 Å². The van der Waals surface area contributed by atoms with Crippen molar-refractivity contribution < 1.29 is 18.8 Å². The molecule has 6 heteroatoms. The van der Waals surface area contributed by atoms with Crippen LogP contribution in [0.15, 0.2) is 28.8 Å². The first kappa shape index (κ1) is 20.6. The normalized spacial score (nSPS) is 11.2. The van der Waals surface area contributed by atoms with E-state index in [4.69, 9.17) is 14.0 Å². The second-order valence-corrected chi connectivity index (χ2v) is 6.81. The first-order valence-electron chi connectivity index (χ1n) is 9.09. The van der Waals surface area contributed by atoms with E-state index in [1.165, 1.54) is 6.08 Å². The first-order chi connectivity index (χ1) is 12.9. The van der Waals surface area contributed by atoms with E-state index in [1.54, 1.807) is 13.2 Å². The minimum atomic E-state index is -0.103. The third kappa shape index (κ3) is 6.16. The largest absolute Gasteiger partial charge is 0.493 e. The molecule has 0 fully saturated rings. The van der Waals surface area contributed by atoms with E-state index in [1.807, 2.05) is 32.0 Å². The SMILES string of the molecule is COc1cc(/C=C/C(=O)NCCC(C)C)ccc1OCc1c(C)noc1C. The molecule has 146 valence electrons. The Labute approximate surface area is 160 Å². The number of nitrogens with one attached hydrogen (secondary N) is 1. The quantitative estimate of drug-likeness (QED) is 0.672. The van der Waals surface area contributed by atoms with Gasteiger partial charge in [0.1, 0.15) is 12.4 Å². The van der Waals surface area contributed by atoms with Crippen molar-refractivity contribution in [1.29, 1.82) is 0 Å². The van der Waals surface area contributed by atoms with Crippen LogP contribution in [0.5, 0.6) is 11.5 Å².